The summed E-state index contributed by atoms with van der Waals surface area (Å²) < 4.78 is 6.18. The van der Waals surface area contributed by atoms with Crippen molar-refractivity contribution < 1.29 is 9.53 Å². The predicted octanol–water partition coefficient (Wildman–Crippen LogP) is 4.10. The number of carbonyl (C=O) groups excluding carboxylic acids is 1. The summed E-state index contributed by atoms with van der Waals surface area (Å²) in [7, 11) is 0. The largest absolute Gasteiger partial charge is 0.485 e. The first kappa shape index (κ1) is 13.5. The van der Waals surface area contributed by atoms with E-state index < -0.39 is 0 Å². The van der Waals surface area contributed by atoms with E-state index in [1.54, 1.807) is 18.2 Å². The lowest BCUT2D eigenvalue weighted by Crippen LogP contribution is -2.26. The van der Waals surface area contributed by atoms with Crippen molar-refractivity contribution in [1.82, 2.24) is 0 Å². The van der Waals surface area contributed by atoms with Crippen molar-refractivity contribution in [3.8, 4) is 5.75 Å². The highest BCUT2D eigenvalue weighted by atomic mass is 79.9. The Morgan fingerprint density at radius 1 is 1.44 bits per heavy atom. The van der Waals surface area contributed by atoms with Crippen molar-refractivity contribution in [3.63, 3.8) is 0 Å². The number of hydrogen-bond donors (Lipinski definition) is 0. The molecule has 0 heterocycles. The Labute approximate surface area is 109 Å². The molecule has 0 unspecified atom stereocenters. The molecule has 1 rings (SSSR count). The van der Waals surface area contributed by atoms with Crippen LogP contribution in [0.25, 0.3) is 0 Å². The molecule has 0 saturated heterocycles. The molecule has 0 saturated carbocycles. The zero-order chi connectivity index (χ0) is 12.3. The van der Waals surface area contributed by atoms with Gasteiger partial charge in [-0.3, -0.25) is 4.79 Å². The predicted molar refractivity (Wildman–Crippen MR) is 69.1 cm³/mol. The van der Waals surface area contributed by atoms with Crippen molar-refractivity contribution in [1.29, 1.82) is 0 Å². The molecular formula is C12H14BrClO2. The number of ketones is 1. The molecule has 0 bridgehead atoms. The van der Waals surface area contributed by atoms with Crippen LogP contribution in [0.5, 0.6) is 5.75 Å². The minimum Gasteiger partial charge on any atom is -0.485 e. The van der Waals surface area contributed by atoms with E-state index in [1.807, 2.05) is 20.8 Å². The molecule has 88 valence electrons. The Hall–Kier alpha value is -0.540. The number of ether oxygens (including phenoxy) is 1. The highest BCUT2D eigenvalue weighted by molar-refractivity contribution is 9.10. The Bertz CT molecular complexity index is 396. The fraction of sp³-hybridized carbons (Fsp3) is 0.417. The summed E-state index contributed by atoms with van der Waals surface area (Å²) in [6.45, 7) is 5.69. The van der Waals surface area contributed by atoms with Crippen LogP contribution in [0.2, 0.25) is 5.02 Å². The molecule has 0 aromatic heterocycles. The molecule has 0 amide bonds. The van der Waals surface area contributed by atoms with Crippen molar-refractivity contribution in [2.45, 2.75) is 20.8 Å². The smallest absolute Gasteiger partial charge is 0.175 e. The van der Waals surface area contributed by atoms with E-state index in [-0.39, 0.29) is 17.8 Å². The number of Topliss-reactive ketones (excluding diaryl/α,β-unsaturated/α-hetero) is 1. The van der Waals surface area contributed by atoms with Gasteiger partial charge in [0.1, 0.15) is 12.4 Å². The quantitative estimate of drug-likeness (QED) is 0.840. The molecule has 0 aliphatic carbocycles. The maximum Gasteiger partial charge on any atom is 0.175 e. The van der Waals surface area contributed by atoms with E-state index in [4.69, 9.17) is 16.3 Å². The summed E-state index contributed by atoms with van der Waals surface area (Å²) in [6.07, 6.45) is 0. The molecule has 0 spiro atoms. The van der Waals surface area contributed by atoms with Gasteiger partial charge in [0.05, 0.1) is 4.47 Å². The maximum atomic E-state index is 11.6. The molecule has 0 radical (unpaired) electrons. The number of halogens is 2. The number of hydrogen-bond acceptors (Lipinski definition) is 2. The van der Waals surface area contributed by atoms with Crippen LogP contribution in [0.1, 0.15) is 20.8 Å². The fourth-order valence-electron chi connectivity index (χ4n) is 0.952. The first-order valence-corrected chi connectivity index (χ1v) is 6.09. The van der Waals surface area contributed by atoms with E-state index in [0.717, 1.165) is 4.47 Å². The SMILES string of the molecule is CC(C)(C)C(=O)COc1ccc(Cl)cc1Br. The second-order valence-electron chi connectivity index (χ2n) is 4.54. The minimum absolute atomic E-state index is 0.0642. The Morgan fingerprint density at radius 3 is 2.56 bits per heavy atom. The van der Waals surface area contributed by atoms with Gasteiger partial charge in [-0.05, 0) is 34.1 Å². The number of benzene rings is 1. The van der Waals surface area contributed by atoms with Crippen LogP contribution >= 0.6 is 27.5 Å². The topological polar surface area (TPSA) is 26.3 Å². The molecule has 0 atom stereocenters. The van der Waals surface area contributed by atoms with Gasteiger partial charge in [-0.15, -0.1) is 0 Å². The van der Waals surface area contributed by atoms with E-state index in [9.17, 15) is 4.79 Å². The third kappa shape index (κ3) is 3.80. The van der Waals surface area contributed by atoms with Gasteiger partial charge in [-0.25, -0.2) is 0 Å². The number of rotatable bonds is 3. The van der Waals surface area contributed by atoms with Crippen molar-refractivity contribution >= 4 is 33.3 Å². The lowest BCUT2D eigenvalue weighted by molar-refractivity contribution is -0.128. The lowest BCUT2D eigenvalue weighted by Gasteiger charge is -2.17. The molecule has 1 aromatic rings. The van der Waals surface area contributed by atoms with Gasteiger partial charge in [0.15, 0.2) is 5.78 Å². The van der Waals surface area contributed by atoms with Gasteiger partial charge in [-0.1, -0.05) is 32.4 Å². The highest BCUT2D eigenvalue weighted by Crippen LogP contribution is 2.28. The van der Waals surface area contributed by atoms with Gasteiger partial charge in [-0.2, -0.15) is 0 Å². The van der Waals surface area contributed by atoms with Crippen LogP contribution in [0, 0.1) is 5.41 Å². The van der Waals surface area contributed by atoms with Crippen molar-refractivity contribution in [3.05, 3.63) is 27.7 Å². The monoisotopic (exact) mass is 304 g/mol. The maximum absolute atomic E-state index is 11.6. The molecule has 2 nitrogen and oxygen atoms in total. The summed E-state index contributed by atoms with van der Waals surface area (Å²) in [6, 6.07) is 5.20. The van der Waals surface area contributed by atoms with Crippen LogP contribution < -0.4 is 4.74 Å². The Morgan fingerprint density at radius 2 is 2.06 bits per heavy atom. The summed E-state index contributed by atoms with van der Waals surface area (Å²) >= 11 is 9.13. The molecule has 16 heavy (non-hydrogen) atoms. The zero-order valence-electron chi connectivity index (χ0n) is 9.51. The Kier molecular flexibility index (Phi) is 4.39. The van der Waals surface area contributed by atoms with E-state index in [0.29, 0.717) is 10.8 Å². The Balaban J connectivity index is 2.65. The second-order valence-corrected chi connectivity index (χ2v) is 5.83. The third-order valence-corrected chi connectivity index (χ3v) is 2.94. The fourth-order valence-corrected chi connectivity index (χ4v) is 1.75. The van der Waals surface area contributed by atoms with E-state index >= 15 is 0 Å². The highest BCUT2D eigenvalue weighted by Gasteiger charge is 2.21. The first-order chi connectivity index (χ1) is 7.30. The molecule has 1 aromatic carbocycles. The standard InChI is InChI=1S/C12H14BrClO2/c1-12(2,3)11(15)7-16-10-5-4-8(14)6-9(10)13/h4-6H,7H2,1-3H3. The van der Waals surface area contributed by atoms with Crippen LogP contribution in [0.3, 0.4) is 0 Å². The summed E-state index contributed by atoms with van der Waals surface area (Å²) in [5.41, 5.74) is -0.376. The molecular weight excluding hydrogens is 291 g/mol. The third-order valence-electron chi connectivity index (χ3n) is 2.09. The van der Waals surface area contributed by atoms with Crippen molar-refractivity contribution in [2.24, 2.45) is 5.41 Å². The molecule has 0 fully saturated rings. The van der Waals surface area contributed by atoms with E-state index in [2.05, 4.69) is 15.9 Å². The van der Waals surface area contributed by atoms with Crippen LogP contribution in [-0.2, 0) is 4.79 Å². The summed E-state index contributed by atoms with van der Waals surface area (Å²) in [5, 5.41) is 0.626. The van der Waals surface area contributed by atoms with Crippen LogP contribution in [-0.4, -0.2) is 12.4 Å². The second kappa shape index (κ2) is 5.19. The first-order valence-electron chi connectivity index (χ1n) is 4.92. The number of carbonyl (C=O) groups is 1. The molecule has 0 aliphatic rings. The average Bonchev–Trinajstić information content (AvgIpc) is 2.14. The lowest BCUT2D eigenvalue weighted by atomic mass is 9.91. The molecule has 0 aliphatic heterocycles. The van der Waals surface area contributed by atoms with Gasteiger partial charge < -0.3 is 4.74 Å². The van der Waals surface area contributed by atoms with Gasteiger partial charge in [0.2, 0.25) is 0 Å². The van der Waals surface area contributed by atoms with E-state index in [1.165, 1.54) is 0 Å². The van der Waals surface area contributed by atoms with Gasteiger partial charge >= 0.3 is 0 Å². The van der Waals surface area contributed by atoms with Crippen molar-refractivity contribution in [2.75, 3.05) is 6.61 Å². The van der Waals surface area contributed by atoms with Crippen LogP contribution in [0.4, 0.5) is 0 Å². The van der Waals surface area contributed by atoms with Gasteiger partial charge in [0.25, 0.3) is 0 Å². The van der Waals surface area contributed by atoms with Gasteiger partial charge in [0, 0.05) is 10.4 Å². The zero-order valence-corrected chi connectivity index (χ0v) is 11.9. The minimum atomic E-state index is -0.376. The summed E-state index contributed by atoms with van der Waals surface area (Å²) in [4.78, 5) is 11.6. The average molecular weight is 306 g/mol. The molecule has 0 N–H and O–H groups in total. The normalized spacial score (nSPS) is 11.3. The summed E-state index contributed by atoms with van der Waals surface area (Å²) in [5.74, 6) is 0.691. The van der Waals surface area contributed by atoms with Crippen LogP contribution in [0.15, 0.2) is 22.7 Å². The molecule has 4 heteroatoms.